The summed E-state index contributed by atoms with van der Waals surface area (Å²) >= 11 is 2.91. The van der Waals surface area contributed by atoms with Gasteiger partial charge in [-0.15, -0.1) is 0 Å². The van der Waals surface area contributed by atoms with Crippen molar-refractivity contribution in [2.45, 2.75) is 49.3 Å². The molecule has 0 amide bonds. The summed E-state index contributed by atoms with van der Waals surface area (Å²) in [5.41, 5.74) is 2.67. The smallest absolute Gasteiger partial charge is 0.0450 e. The summed E-state index contributed by atoms with van der Waals surface area (Å²) in [5, 5.41) is 0. The minimum atomic E-state index is 0.505. The summed E-state index contributed by atoms with van der Waals surface area (Å²) in [5.74, 6) is 1.01. The molecule has 0 unspecified atom stereocenters. The van der Waals surface area contributed by atoms with Crippen LogP contribution in [0.25, 0.3) is 0 Å². The van der Waals surface area contributed by atoms with Gasteiger partial charge >= 0.3 is 0 Å². The SMILES string of the molecule is CC(C)c1ccccc1SOSc1ccccc1C(C)C. The van der Waals surface area contributed by atoms with Gasteiger partial charge < -0.3 is 0 Å². The summed E-state index contributed by atoms with van der Waals surface area (Å²) in [6.45, 7) is 8.84. The van der Waals surface area contributed by atoms with E-state index in [2.05, 4.69) is 76.2 Å². The minimum absolute atomic E-state index is 0.505. The topological polar surface area (TPSA) is 9.23 Å². The Morgan fingerprint density at radius 1 is 0.667 bits per heavy atom. The second kappa shape index (κ2) is 7.92. The lowest BCUT2D eigenvalue weighted by Crippen LogP contribution is -1.91. The molecule has 0 radical (unpaired) electrons. The van der Waals surface area contributed by atoms with Crippen molar-refractivity contribution < 1.29 is 3.63 Å². The molecular weight excluding hydrogens is 296 g/mol. The van der Waals surface area contributed by atoms with Gasteiger partial charge in [-0.2, -0.15) is 0 Å². The third-order valence-corrected chi connectivity index (χ3v) is 4.98. The first kappa shape index (κ1) is 16.5. The zero-order chi connectivity index (χ0) is 15.2. The van der Waals surface area contributed by atoms with E-state index >= 15 is 0 Å². The van der Waals surface area contributed by atoms with Gasteiger partial charge in [0.25, 0.3) is 0 Å². The highest BCUT2D eigenvalue weighted by atomic mass is 32.2. The third-order valence-electron chi connectivity index (χ3n) is 3.33. The fraction of sp³-hybridized carbons (Fsp3) is 0.333. The molecule has 2 aromatic carbocycles. The Bertz CT molecular complexity index is 527. The van der Waals surface area contributed by atoms with E-state index in [0.717, 1.165) is 0 Å². The van der Waals surface area contributed by atoms with Gasteiger partial charge in [-0.25, -0.2) is 3.63 Å². The van der Waals surface area contributed by atoms with Gasteiger partial charge in [-0.05, 0) is 35.1 Å². The summed E-state index contributed by atoms with van der Waals surface area (Å²) in [4.78, 5) is 2.39. The normalized spacial score (nSPS) is 11.3. The van der Waals surface area contributed by atoms with E-state index in [9.17, 15) is 0 Å². The Hall–Kier alpha value is -0.900. The average Bonchev–Trinajstić information content (AvgIpc) is 2.48. The summed E-state index contributed by atoms with van der Waals surface area (Å²) < 4.78 is 5.82. The van der Waals surface area contributed by atoms with Crippen molar-refractivity contribution >= 4 is 24.1 Å². The van der Waals surface area contributed by atoms with Gasteiger partial charge in [-0.1, -0.05) is 64.1 Å². The largest absolute Gasteiger partial charge is 0.237 e. The van der Waals surface area contributed by atoms with E-state index in [1.807, 2.05) is 0 Å². The molecule has 0 aliphatic carbocycles. The first-order valence-corrected chi connectivity index (χ1v) is 8.77. The van der Waals surface area contributed by atoms with Crippen LogP contribution in [0.2, 0.25) is 0 Å². The lowest BCUT2D eigenvalue weighted by atomic mass is 10.0. The minimum Gasteiger partial charge on any atom is -0.237 e. The number of hydrogen-bond acceptors (Lipinski definition) is 3. The lowest BCUT2D eigenvalue weighted by Gasteiger charge is -2.13. The Kier molecular flexibility index (Phi) is 6.22. The molecule has 0 N–H and O–H groups in total. The van der Waals surface area contributed by atoms with Crippen LogP contribution >= 0.6 is 24.1 Å². The van der Waals surface area contributed by atoms with Gasteiger partial charge in [-0.3, -0.25) is 0 Å². The maximum Gasteiger partial charge on any atom is 0.0450 e. The standard InChI is InChI=1S/C18H22OS2/c1-13(2)15-9-5-7-11-17(15)20-19-21-18-12-8-6-10-16(18)14(3)4/h5-14H,1-4H3. The van der Waals surface area contributed by atoms with Crippen molar-refractivity contribution in [3.05, 3.63) is 59.7 Å². The quantitative estimate of drug-likeness (QED) is 0.551. The molecule has 0 fully saturated rings. The van der Waals surface area contributed by atoms with Gasteiger partial charge in [0.15, 0.2) is 0 Å². The average molecular weight is 319 g/mol. The highest BCUT2D eigenvalue weighted by Gasteiger charge is 2.10. The summed E-state index contributed by atoms with van der Waals surface area (Å²) in [6.07, 6.45) is 0. The van der Waals surface area contributed by atoms with Gasteiger partial charge in [0.1, 0.15) is 0 Å². The molecule has 0 heterocycles. The van der Waals surface area contributed by atoms with E-state index in [1.165, 1.54) is 45.0 Å². The van der Waals surface area contributed by atoms with Crippen molar-refractivity contribution in [3.8, 4) is 0 Å². The predicted molar refractivity (Wildman–Crippen MR) is 93.9 cm³/mol. The summed E-state index contributed by atoms with van der Waals surface area (Å²) in [7, 11) is 0. The van der Waals surface area contributed by atoms with Crippen molar-refractivity contribution in [1.29, 1.82) is 0 Å². The number of hydrogen-bond donors (Lipinski definition) is 0. The summed E-state index contributed by atoms with van der Waals surface area (Å²) in [6, 6.07) is 16.9. The van der Waals surface area contributed by atoms with Crippen LogP contribution in [0.1, 0.15) is 50.7 Å². The van der Waals surface area contributed by atoms with Crippen molar-refractivity contribution in [2.75, 3.05) is 0 Å². The zero-order valence-electron chi connectivity index (χ0n) is 13.0. The molecule has 0 saturated heterocycles. The van der Waals surface area contributed by atoms with Crippen molar-refractivity contribution in [2.24, 2.45) is 0 Å². The van der Waals surface area contributed by atoms with Crippen LogP contribution in [-0.2, 0) is 3.63 Å². The first-order chi connectivity index (χ1) is 10.1. The van der Waals surface area contributed by atoms with Crippen LogP contribution in [0.15, 0.2) is 58.3 Å². The van der Waals surface area contributed by atoms with Gasteiger partial charge in [0.05, 0.1) is 0 Å². The van der Waals surface area contributed by atoms with Crippen molar-refractivity contribution in [3.63, 3.8) is 0 Å². The van der Waals surface area contributed by atoms with E-state index in [-0.39, 0.29) is 0 Å². The van der Waals surface area contributed by atoms with Crippen LogP contribution in [0.5, 0.6) is 0 Å². The van der Waals surface area contributed by atoms with Crippen molar-refractivity contribution in [1.82, 2.24) is 0 Å². The number of rotatable bonds is 6. The van der Waals surface area contributed by atoms with Crippen LogP contribution in [0.4, 0.5) is 0 Å². The predicted octanol–water partition coefficient (Wildman–Crippen LogP) is 6.66. The molecule has 21 heavy (non-hydrogen) atoms. The zero-order valence-corrected chi connectivity index (χ0v) is 14.6. The van der Waals surface area contributed by atoms with E-state index in [0.29, 0.717) is 11.8 Å². The number of benzene rings is 2. The molecule has 1 nitrogen and oxygen atoms in total. The molecule has 0 aliphatic rings. The van der Waals surface area contributed by atoms with Crippen LogP contribution in [0.3, 0.4) is 0 Å². The molecule has 2 aromatic rings. The lowest BCUT2D eigenvalue weighted by molar-refractivity contribution is 0.743. The van der Waals surface area contributed by atoms with Crippen LogP contribution in [-0.4, -0.2) is 0 Å². The second-order valence-electron chi connectivity index (χ2n) is 5.62. The fourth-order valence-corrected chi connectivity index (χ4v) is 3.95. The Morgan fingerprint density at radius 3 is 1.43 bits per heavy atom. The molecule has 0 bridgehead atoms. The van der Waals surface area contributed by atoms with Gasteiger partial charge in [0, 0.05) is 33.9 Å². The molecule has 112 valence electrons. The molecule has 0 aliphatic heterocycles. The van der Waals surface area contributed by atoms with E-state index in [1.54, 1.807) is 0 Å². The first-order valence-electron chi connectivity index (χ1n) is 7.28. The molecule has 0 atom stereocenters. The van der Waals surface area contributed by atoms with Gasteiger partial charge in [0.2, 0.25) is 0 Å². The van der Waals surface area contributed by atoms with E-state index < -0.39 is 0 Å². The maximum absolute atomic E-state index is 5.82. The molecule has 3 heteroatoms. The van der Waals surface area contributed by atoms with Crippen LogP contribution < -0.4 is 0 Å². The van der Waals surface area contributed by atoms with E-state index in [4.69, 9.17) is 3.63 Å². The Balaban J connectivity index is 2.03. The highest BCUT2D eigenvalue weighted by molar-refractivity contribution is 8.08. The molecular formula is C18H22OS2. The Labute approximate surface area is 136 Å². The fourth-order valence-electron chi connectivity index (χ4n) is 2.16. The van der Waals surface area contributed by atoms with Crippen LogP contribution in [0, 0.1) is 0 Å². The monoisotopic (exact) mass is 318 g/mol. The molecule has 0 spiro atoms. The highest BCUT2D eigenvalue weighted by Crippen LogP contribution is 2.36. The Morgan fingerprint density at radius 2 is 1.05 bits per heavy atom. The second-order valence-corrected chi connectivity index (χ2v) is 7.38. The maximum atomic E-state index is 5.82. The molecule has 0 saturated carbocycles. The third kappa shape index (κ3) is 4.53. The molecule has 0 aromatic heterocycles. The molecule has 2 rings (SSSR count).